The number of hydrogen-bond donors (Lipinski definition) is 0. The van der Waals surface area contributed by atoms with Crippen molar-refractivity contribution in [2.24, 2.45) is 0 Å². The molecule has 1 aliphatic rings. The number of halogens is 3. The lowest BCUT2D eigenvalue weighted by Gasteiger charge is -2.24. The van der Waals surface area contributed by atoms with E-state index in [-0.39, 0.29) is 18.2 Å². The Hall–Kier alpha value is -0.610. The van der Waals surface area contributed by atoms with Gasteiger partial charge in [-0.3, -0.25) is 4.79 Å². The minimum Gasteiger partial charge on any atom is -0.465 e. The SMILES string of the molecule is CCOC(=O)C(Cl)Cc1cc(F)c(C2CCCCC2)c(Br)c1. The van der Waals surface area contributed by atoms with Crippen LogP contribution in [0.4, 0.5) is 4.39 Å². The zero-order chi connectivity index (χ0) is 16.1. The van der Waals surface area contributed by atoms with Crippen molar-refractivity contribution >= 4 is 33.5 Å². The highest BCUT2D eigenvalue weighted by Crippen LogP contribution is 2.38. The average molecular weight is 392 g/mol. The Morgan fingerprint density at radius 1 is 1.41 bits per heavy atom. The Morgan fingerprint density at radius 2 is 2.09 bits per heavy atom. The molecular formula is C17H21BrClFO2. The fourth-order valence-corrected chi connectivity index (χ4v) is 4.11. The molecule has 0 aliphatic heterocycles. The summed E-state index contributed by atoms with van der Waals surface area (Å²) in [5.74, 6) is -0.380. The Kier molecular flexibility index (Phi) is 6.69. The molecule has 1 fully saturated rings. The van der Waals surface area contributed by atoms with Gasteiger partial charge in [-0.15, -0.1) is 11.6 Å². The Labute approximate surface area is 144 Å². The molecule has 1 aliphatic carbocycles. The average Bonchev–Trinajstić information content (AvgIpc) is 2.47. The van der Waals surface area contributed by atoms with Crippen LogP contribution in [-0.2, 0) is 16.0 Å². The van der Waals surface area contributed by atoms with E-state index < -0.39 is 11.3 Å². The number of carbonyl (C=O) groups is 1. The van der Waals surface area contributed by atoms with Gasteiger partial charge in [0.05, 0.1) is 6.61 Å². The molecule has 1 atom stereocenters. The van der Waals surface area contributed by atoms with E-state index in [4.69, 9.17) is 16.3 Å². The van der Waals surface area contributed by atoms with Gasteiger partial charge in [0.1, 0.15) is 11.2 Å². The van der Waals surface area contributed by atoms with Crippen molar-refractivity contribution in [2.45, 2.75) is 56.7 Å². The summed E-state index contributed by atoms with van der Waals surface area (Å²) in [6.07, 6.45) is 5.89. The smallest absolute Gasteiger partial charge is 0.324 e. The first-order chi connectivity index (χ1) is 10.5. The number of carbonyl (C=O) groups excluding carboxylic acids is 1. The molecule has 0 bridgehead atoms. The largest absolute Gasteiger partial charge is 0.465 e. The molecule has 0 amide bonds. The molecule has 1 aromatic carbocycles. The molecule has 5 heteroatoms. The first kappa shape index (κ1) is 17.7. The predicted octanol–water partition coefficient (Wildman–Crippen LogP) is 5.35. The number of alkyl halides is 1. The van der Waals surface area contributed by atoms with Gasteiger partial charge in [-0.25, -0.2) is 4.39 Å². The van der Waals surface area contributed by atoms with Crippen molar-refractivity contribution in [2.75, 3.05) is 6.61 Å². The lowest BCUT2D eigenvalue weighted by atomic mass is 9.83. The second kappa shape index (κ2) is 8.30. The van der Waals surface area contributed by atoms with Crippen LogP contribution in [0.15, 0.2) is 16.6 Å². The molecule has 2 rings (SSSR count). The van der Waals surface area contributed by atoms with E-state index in [1.165, 1.54) is 12.5 Å². The zero-order valence-corrected chi connectivity index (χ0v) is 15.1. The number of rotatable bonds is 5. The quantitative estimate of drug-likeness (QED) is 0.499. The van der Waals surface area contributed by atoms with Gasteiger partial charge in [0.15, 0.2) is 0 Å². The molecule has 122 valence electrons. The van der Waals surface area contributed by atoms with Crippen LogP contribution in [0.5, 0.6) is 0 Å². The van der Waals surface area contributed by atoms with E-state index in [2.05, 4.69) is 15.9 Å². The summed E-state index contributed by atoms with van der Waals surface area (Å²) in [7, 11) is 0. The first-order valence-electron chi connectivity index (χ1n) is 7.81. The standard InChI is InChI=1S/C17H21BrClFO2/c1-2-22-17(21)14(19)9-11-8-13(18)16(15(20)10-11)12-6-4-3-5-7-12/h8,10,12,14H,2-7,9H2,1H3. The normalized spacial score (nSPS) is 17.3. The van der Waals surface area contributed by atoms with Crippen LogP contribution in [-0.4, -0.2) is 18.0 Å². The van der Waals surface area contributed by atoms with Gasteiger partial charge in [-0.05, 0) is 49.8 Å². The molecular weight excluding hydrogens is 371 g/mol. The Balaban J connectivity index is 2.13. The number of hydrogen-bond acceptors (Lipinski definition) is 2. The monoisotopic (exact) mass is 390 g/mol. The zero-order valence-electron chi connectivity index (χ0n) is 12.7. The van der Waals surface area contributed by atoms with Gasteiger partial charge in [-0.2, -0.15) is 0 Å². The van der Waals surface area contributed by atoms with Crippen molar-refractivity contribution < 1.29 is 13.9 Å². The van der Waals surface area contributed by atoms with Gasteiger partial charge < -0.3 is 4.74 Å². The van der Waals surface area contributed by atoms with Gasteiger partial charge in [-0.1, -0.05) is 35.2 Å². The third-order valence-corrected chi connectivity index (χ3v) is 5.10. The van der Waals surface area contributed by atoms with Crippen molar-refractivity contribution in [1.82, 2.24) is 0 Å². The van der Waals surface area contributed by atoms with Crippen LogP contribution in [0.25, 0.3) is 0 Å². The predicted molar refractivity (Wildman–Crippen MR) is 89.9 cm³/mol. The maximum atomic E-state index is 14.5. The summed E-state index contributed by atoms with van der Waals surface area (Å²) >= 11 is 9.52. The molecule has 0 radical (unpaired) electrons. The van der Waals surface area contributed by atoms with Crippen molar-refractivity contribution in [1.29, 1.82) is 0 Å². The molecule has 1 saturated carbocycles. The molecule has 0 heterocycles. The van der Waals surface area contributed by atoms with Gasteiger partial charge in [0.2, 0.25) is 0 Å². The van der Waals surface area contributed by atoms with Crippen LogP contribution >= 0.6 is 27.5 Å². The topological polar surface area (TPSA) is 26.3 Å². The second-order valence-electron chi connectivity index (χ2n) is 5.73. The van der Waals surface area contributed by atoms with Gasteiger partial charge in [0, 0.05) is 10.0 Å². The van der Waals surface area contributed by atoms with E-state index in [9.17, 15) is 9.18 Å². The van der Waals surface area contributed by atoms with Crippen molar-refractivity contribution in [3.63, 3.8) is 0 Å². The summed E-state index contributed by atoms with van der Waals surface area (Å²) in [5.41, 5.74) is 1.47. The van der Waals surface area contributed by atoms with Crippen LogP contribution in [0.2, 0.25) is 0 Å². The van der Waals surface area contributed by atoms with E-state index in [0.717, 1.165) is 35.7 Å². The van der Waals surface area contributed by atoms with Crippen molar-refractivity contribution in [3.8, 4) is 0 Å². The molecule has 22 heavy (non-hydrogen) atoms. The molecule has 0 aromatic heterocycles. The lowest BCUT2D eigenvalue weighted by Crippen LogP contribution is -2.20. The van der Waals surface area contributed by atoms with Crippen LogP contribution < -0.4 is 0 Å². The summed E-state index contributed by atoms with van der Waals surface area (Å²) in [5, 5.41) is -0.785. The summed E-state index contributed by atoms with van der Waals surface area (Å²) in [6, 6.07) is 3.38. The van der Waals surface area contributed by atoms with Crippen LogP contribution in [0.3, 0.4) is 0 Å². The minimum absolute atomic E-state index is 0.205. The van der Waals surface area contributed by atoms with E-state index in [1.807, 2.05) is 6.07 Å². The van der Waals surface area contributed by atoms with Crippen LogP contribution in [0.1, 0.15) is 56.1 Å². The maximum Gasteiger partial charge on any atom is 0.324 e. The van der Waals surface area contributed by atoms with E-state index in [0.29, 0.717) is 12.2 Å². The van der Waals surface area contributed by atoms with Crippen LogP contribution in [0, 0.1) is 5.82 Å². The highest BCUT2D eigenvalue weighted by Gasteiger charge is 2.23. The second-order valence-corrected chi connectivity index (χ2v) is 7.11. The van der Waals surface area contributed by atoms with Gasteiger partial charge in [0.25, 0.3) is 0 Å². The Morgan fingerprint density at radius 3 is 2.68 bits per heavy atom. The molecule has 1 unspecified atom stereocenters. The maximum absolute atomic E-state index is 14.5. The summed E-state index contributed by atoms with van der Waals surface area (Å²) in [4.78, 5) is 11.6. The fourth-order valence-electron chi connectivity index (χ4n) is 3.06. The molecule has 0 N–H and O–H groups in total. The third-order valence-electron chi connectivity index (χ3n) is 4.11. The fraction of sp³-hybridized carbons (Fsp3) is 0.588. The number of benzene rings is 1. The van der Waals surface area contributed by atoms with Gasteiger partial charge >= 0.3 is 5.97 Å². The third kappa shape index (κ3) is 4.45. The lowest BCUT2D eigenvalue weighted by molar-refractivity contribution is -0.142. The summed E-state index contributed by atoms with van der Waals surface area (Å²) < 4.78 is 20.2. The highest BCUT2D eigenvalue weighted by molar-refractivity contribution is 9.10. The highest BCUT2D eigenvalue weighted by atomic mass is 79.9. The van der Waals surface area contributed by atoms with Crippen molar-refractivity contribution in [3.05, 3.63) is 33.5 Å². The number of ether oxygens (including phenoxy) is 1. The summed E-state index contributed by atoms with van der Waals surface area (Å²) in [6.45, 7) is 2.03. The molecule has 0 saturated heterocycles. The Bertz CT molecular complexity index is 506. The van der Waals surface area contributed by atoms with E-state index in [1.54, 1.807) is 6.92 Å². The first-order valence-corrected chi connectivity index (χ1v) is 9.04. The molecule has 1 aromatic rings. The number of esters is 1. The molecule has 0 spiro atoms. The minimum atomic E-state index is -0.785. The van der Waals surface area contributed by atoms with E-state index >= 15 is 0 Å². The molecule has 2 nitrogen and oxygen atoms in total.